The van der Waals surface area contributed by atoms with Crippen LogP contribution in [0.4, 0.5) is 11.9 Å². The van der Waals surface area contributed by atoms with Gasteiger partial charge in [0.25, 0.3) is 0 Å². The maximum Gasteiger partial charge on any atom is 0.230 e. The zero-order valence-electron chi connectivity index (χ0n) is 12.0. The molecule has 5 nitrogen and oxygen atoms in total. The highest BCUT2D eigenvalue weighted by Gasteiger charge is 2.17. The van der Waals surface area contributed by atoms with Crippen LogP contribution >= 0.6 is 15.9 Å². The predicted octanol–water partition coefficient (Wildman–Crippen LogP) is 3.33. The number of nitrogens with one attached hydrogen (secondary N) is 1. The van der Waals surface area contributed by atoms with Crippen molar-refractivity contribution in [1.82, 2.24) is 15.0 Å². The Bertz CT molecular complexity index is 625. The summed E-state index contributed by atoms with van der Waals surface area (Å²) in [5, 5.41) is 3.03. The Hall–Kier alpha value is -1.69. The molecule has 0 bridgehead atoms. The van der Waals surface area contributed by atoms with E-state index in [1.165, 1.54) is 19.3 Å². The van der Waals surface area contributed by atoms with Crippen molar-refractivity contribution < 1.29 is 0 Å². The number of hydrogen-bond donors (Lipinski definition) is 1. The minimum atomic E-state index is 0.608. The van der Waals surface area contributed by atoms with Crippen LogP contribution in [0.15, 0.2) is 28.7 Å². The lowest BCUT2D eigenvalue weighted by atomic mass is 10.1. The van der Waals surface area contributed by atoms with Crippen LogP contribution in [0.5, 0.6) is 0 Å². The minimum Gasteiger partial charge on any atom is -0.357 e. The first kappa shape index (κ1) is 14.3. The number of hydrogen-bond acceptors (Lipinski definition) is 5. The Kier molecular flexibility index (Phi) is 4.34. The quantitative estimate of drug-likeness (QED) is 0.922. The van der Waals surface area contributed by atoms with E-state index in [4.69, 9.17) is 0 Å². The largest absolute Gasteiger partial charge is 0.357 e. The molecule has 1 aromatic heterocycles. The fraction of sp³-hybridized carbons (Fsp3) is 0.400. The molecule has 0 amide bonds. The smallest absolute Gasteiger partial charge is 0.230 e. The fourth-order valence-corrected chi connectivity index (χ4v) is 2.94. The summed E-state index contributed by atoms with van der Waals surface area (Å²) < 4.78 is 0.989. The summed E-state index contributed by atoms with van der Waals surface area (Å²) in [7, 11) is 1.83. The number of benzene rings is 1. The van der Waals surface area contributed by atoms with Gasteiger partial charge in [0.2, 0.25) is 11.9 Å². The number of piperidine rings is 1. The standard InChI is InChI=1S/C15H18BrN5/c1-17-14-18-13(11-7-3-4-8-12(11)16)19-15(20-14)21-9-5-2-6-10-21/h3-4,7-8H,2,5-6,9-10H2,1H3,(H,17,18,19,20). The summed E-state index contributed by atoms with van der Waals surface area (Å²) in [6, 6.07) is 7.99. The van der Waals surface area contributed by atoms with Gasteiger partial charge in [0.15, 0.2) is 5.82 Å². The molecule has 1 aliphatic heterocycles. The lowest BCUT2D eigenvalue weighted by Gasteiger charge is -2.27. The van der Waals surface area contributed by atoms with Crippen LogP contribution in [0.3, 0.4) is 0 Å². The molecule has 1 saturated heterocycles. The van der Waals surface area contributed by atoms with Gasteiger partial charge in [-0.15, -0.1) is 0 Å². The van der Waals surface area contributed by atoms with E-state index in [0.29, 0.717) is 11.8 Å². The van der Waals surface area contributed by atoms with E-state index in [9.17, 15) is 0 Å². The van der Waals surface area contributed by atoms with E-state index < -0.39 is 0 Å². The first-order chi connectivity index (χ1) is 10.3. The van der Waals surface area contributed by atoms with Crippen molar-refractivity contribution in [2.24, 2.45) is 0 Å². The van der Waals surface area contributed by atoms with Crippen LogP contribution in [-0.4, -0.2) is 35.1 Å². The molecule has 6 heteroatoms. The van der Waals surface area contributed by atoms with Crippen molar-refractivity contribution in [2.75, 3.05) is 30.4 Å². The maximum absolute atomic E-state index is 4.67. The van der Waals surface area contributed by atoms with Crippen LogP contribution in [0.25, 0.3) is 11.4 Å². The molecular weight excluding hydrogens is 330 g/mol. The average molecular weight is 348 g/mol. The third-order valence-electron chi connectivity index (χ3n) is 3.60. The zero-order valence-corrected chi connectivity index (χ0v) is 13.6. The molecule has 0 atom stereocenters. The maximum atomic E-state index is 4.67. The molecule has 0 spiro atoms. The Morgan fingerprint density at radius 3 is 2.52 bits per heavy atom. The Balaban J connectivity index is 2.02. The van der Waals surface area contributed by atoms with Gasteiger partial charge in [-0.3, -0.25) is 0 Å². The summed E-state index contributed by atoms with van der Waals surface area (Å²) in [5.41, 5.74) is 0.981. The van der Waals surface area contributed by atoms with Crippen molar-refractivity contribution in [3.8, 4) is 11.4 Å². The summed E-state index contributed by atoms with van der Waals surface area (Å²) in [6.45, 7) is 2.03. The van der Waals surface area contributed by atoms with Crippen LogP contribution in [0.1, 0.15) is 19.3 Å². The molecule has 1 aliphatic rings. The summed E-state index contributed by atoms with van der Waals surface area (Å²) in [6.07, 6.45) is 3.69. The minimum absolute atomic E-state index is 0.608. The molecule has 21 heavy (non-hydrogen) atoms. The number of aromatic nitrogens is 3. The van der Waals surface area contributed by atoms with Crippen molar-refractivity contribution in [3.05, 3.63) is 28.7 Å². The second kappa shape index (κ2) is 6.39. The average Bonchev–Trinajstić information content (AvgIpc) is 2.55. The fourth-order valence-electron chi connectivity index (χ4n) is 2.47. The van der Waals surface area contributed by atoms with Gasteiger partial charge in [-0.05, 0) is 25.3 Å². The number of halogens is 1. The van der Waals surface area contributed by atoms with Crippen molar-refractivity contribution >= 4 is 27.8 Å². The van der Waals surface area contributed by atoms with Gasteiger partial charge < -0.3 is 10.2 Å². The van der Waals surface area contributed by atoms with Crippen molar-refractivity contribution in [2.45, 2.75) is 19.3 Å². The molecule has 3 rings (SSSR count). The normalized spacial score (nSPS) is 15.0. The first-order valence-electron chi connectivity index (χ1n) is 7.21. The van der Waals surface area contributed by atoms with Crippen LogP contribution in [-0.2, 0) is 0 Å². The molecule has 0 radical (unpaired) electrons. The topological polar surface area (TPSA) is 53.9 Å². The monoisotopic (exact) mass is 347 g/mol. The van der Waals surface area contributed by atoms with Gasteiger partial charge in [-0.1, -0.05) is 34.1 Å². The third-order valence-corrected chi connectivity index (χ3v) is 4.29. The molecule has 110 valence electrons. The van der Waals surface area contributed by atoms with E-state index in [0.717, 1.165) is 29.1 Å². The summed E-state index contributed by atoms with van der Waals surface area (Å²) in [4.78, 5) is 15.9. The molecule has 0 aliphatic carbocycles. The molecule has 2 heterocycles. The molecule has 1 fully saturated rings. The van der Waals surface area contributed by atoms with E-state index >= 15 is 0 Å². The summed E-state index contributed by atoms with van der Waals surface area (Å²) >= 11 is 3.57. The number of anilines is 2. The van der Waals surface area contributed by atoms with E-state index in [1.807, 2.05) is 31.3 Å². The SMILES string of the molecule is CNc1nc(-c2ccccc2Br)nc(N2CCCCC2)n1. The molecule has 1 aromatic carbocycles. The van der Waals surface area contributed by atoms with Crippen LogP contribution in [0.2, 0.25) is 0 Å². The van der Waals surface area contributed by atoms with Crippen LogP contribution < -0.4 is 10.2 Å². The van der Waals surface area contributed by atoms with E-state index in [-0.39, 0.29) is 0 Å². The Labute approximate surface area is 133 Å². The Morgan fingerprint density at radius 1 is 1.05 bits per heavy atom. The van der Waals surface area contributed by atoms with Gasteiger partial charge in [0.1, 0.15) is 0 Å². The molecule has 1 N–H and O–H groups in total. The van der Waals surface area contributed by atoms with Crippen LogP contribution in [0, 0.1) is 0 Å². The first-order valence-corrected chi connectivity index (χ1v) is 8.01. The third kappa shape index (κ3) is 3.15. The van der Waals surface area contributed by atoms with Gasteiger partial charge in [-0.25, -0.2) is 0 Å². The molecule has 0 saturated carbocycles. The lowest BCUT2D eigenvalue weighted by Crippen LogP contribution is -2.31. The summed E-state index contributed by atoms with van der Waals surface area (Å²) in [5.74, 6) is 2.07. The second-order valence-electron chi connectivity index (χ2n) is 5.06. The van der Waals surface area contributed by atoms with E-state index in [1.54, 1.807) is 0 Å². The highest BCUT2D eigenvalue weighted by atomic mass is 79.9. The second-order valence-corrected chi connectivity index (χ2v) is 5.91. The molecule has 2 aromatic rings. The number of rotatable bonds is 3. The van der Waals surface area contributed by atoms with Crippen molar-refractivity contribution in [1.29, 1.82) is 0 Å². The highest BCUT2D eigenvalue weighted by molar-refractivity contribution is 9.10. The van der Waals surface area contributed by atoms with E-state index in [2.05, 4.69) is 41.1 Å². The van der Waals surface area contributed by atoms with Gasteiger partial charge in [0.05, 0.1) is 0 Å². The lowest BCUT2D eigenvalue weighted by molar-refractivity contribution is 0.568. The highest BCUT2D eigenvalue weighted by Crippen LogP contribution is 2.27. The number of nitrogens with zero attached hydrogens (tertiary/aromatic N) is 4. The Morgan fingerprint density at radius 2 is 1.81 bits per heavy atom. The van der Waals surface area contributed by atoms with Gasteiger partial charge in [0, 0.05) is 30.2 Å². The zero-order chi connectivity index (χ0) is 14.7. The van der Waals surface area contributed by atoms with Gasteiger partial charge >= 0.3 is 0 Å². The molecular formula is C15H18BrN5. The predicted molar refractivity (Wildman–Crippen MR) is 88.6 cm³/mol. The molecule has 0 unspecified atom stereocenters. The van der Waals surface area contributed by atoms with Crippen molar-refractivity contribution in [3.63, 3.8) is 0 Å². The van der Waals surface area contributed by atoms with Gasteiger partial charge in [-0.2, -0.15) is 15.0 Å².